The molecule has 28 heavy (non-hydrogen) atoms. The molecule has 5 heteroatoms. The van der Waals surface area contributed by atoms with E-state index in [1.807, 2.05) is 24.3 Å². The van der Waals surface area contributed by atoms with Crippen LogP contribution in [0, 0.1) is 0 Å². The van der Waals surface area contributed by atoms with Crippen LogP contribution in [0.4, 0.5) is 0 Å². The molecule has 2 atom stereocenters. The summed E-state index contributed by atoms with van der Waals surface area (Å²) in [6.07, 6.45) is 1.98. The highest BCUT2D eigenvalue weighted by atomic mass is 32.2. The standard InChI is InChI=1S/C23H23NO3S/c1-28(25,26)20-13-11-19(12-14-20)27-23-21-10-6-5-9-18(21)15-22(23)24-16-17-7-3-2-4-8-17/h2-14,22-24H,15-16H2,1H3/t22-,23-/m0/s1. The van der Waals surface area contributed by atoms with Gasteiger partial charge < -0.3 is 10.1 Å². The van der Waals surface area contributed by atoms with Crippen molar-refractivity contribution in [1.29, 1.82) is 0 Å². The molecule has 3 aromatic carbocycles. The van der Waals surface area contributed by atoms with Gasteiger partial charge in [-0.25, -0.2) is 8.42 Å². The van der Waals surface area contributed by atoms with Gasteiger partial charge in [-0.1, -0.05) is 54.6 Å². The SMILES string of the molecule is CS(=O)(=O)c1ccc(O[C@H]2c3ccccc3C[C@@H]2NCc2ccccc2)cc1. The highest BCUT2D eigenvalue weighted by molar-refractivity contribution is 7.90. The molecular formula is C23H23NO3S. The molecule has 144 valence electrons. The van der Waals surface area contributed by atoms with E-state index in [0.717, 1.165) is 13.0 Å². The van der Waals surface area contributed by atoms with E-state index in [1.54, 1.807) is 24.3 Å². The van der Waals surface area contributed by atoms with Crippen LogP contribution >= 0.6 is 0 Å². The lowest BCUT2D eigenvalue weighted by Gasteiger charge is -2.23. The van der Waals surface area contributed by atoms with E-state index in [0.29, 0.717) is 10.6 Å². The average Bonchev–Trinajstić information content (AvgIpc) is 3.04. The third kappa shape index (κ3) is 4.11. The molecule has 0 saturated carbocycles. The van der Waals surface area contributed by atoms with E-state index in [9.17, 15) is 8.42 Å². The molecule has 0 bridgehead atoms. The number of sulfone groups is 1. The van der Waals surface area contributed by atoms with Crippen LogP contribution in [-0.4, -0.2) is 20.7 Å². The van der Waals surface area contributed by atoms with Crippen LogP contribution < -0.4 is 10.1 Å². The maximum Gasteiger partial charge on any atom is 0.175 e. The van der Waals surface area contributed by atoms with E-state index in [2.05, 4.69) is 35.6 Å². The lowest BCUT2D eigenvalue weighted by molar-refractivity contribution is 0.167. The minimum Gasteiger partial charge on any atom is -0.484 e. The number of benzene rings is 3. The molecule has 1 N–H and O–H groups in total. The normalized spacial score (nSPS) is 18.6. The Morgan fingerprint density at radius 1 is 0.929 bits per heavy atom. The van der Waals surface area contributed by atoms with Crippen molar-refractivity contribution >= 4 is 9.84 Å². The number of nitrogens with one attached hydrogen (secondary N) is 1. The number of fused-ring (bicyclic) bond motifs is 1. The third-order valence-electron chi connectivity index (χ3n) is 5.09. The topological polar surface area (TPSA) is 55.4 Å². The number of ether oxygens (including phenoxy) is 1. The summed E-state index contributed by atoms with van der Waals surface area (Å²) < 4.78 is 29.7. The Kier molecular flexibility index (Phi) is 5.20. The average molecular weight is 394 g/mol. The van der Waals surface area contributed by atoms with E-state index in [-0.39, 0.29) is 12.1 Å². The molecule has 0 amide bonds. The number of hydrogen-bond donors (Lipinski definition) is 1. The minimum absolute atomic E-state index is 0.121. The monoisotopic (exact) mass is 393 g/mol. The highest BCUT2D eigenvalue weighted by Crippen LogP contribution is 2.35. The van der Waals surface area contributed by atoms with Crippen molar-refractivity contribution < 1.29 is 13.2 Å². The fraction of sp³-hybridized carbons (Fsp3) is 0.217. The zero-order chi connectivity index (χ0) is 19.6. The van der Waals surface area contributed by atoms with Crippen LogP contribution in [0.5, 0.6) is 5.75 Å². The van der Waals surface area contributed by atoms with E-state index >= 15 is 0 Å². The lowest BCUT2D eigenvalue weighted by atomic mass is 10.1. The third-order valence-corrected chi connectivity index (χ3v) is 6.22. The summed E-state index contributed by atoms with van der Waals surface area (Å²) in [5.41, 5.74) is 3.70. The van der Waals surface area contributed by atoms with E-state index in [4.69, 9.17) is 4.74 Å². The summed E-state index contributed by atoms with van der Waals surface area (Å²) in [6, 6.07) is 25.4. The molecule has 3 aromatic rings. The van der Waals surface area contributed by atoms with Gasteiger partial charge in [0.2, 0.25) is 0 Å². The molecule has 1 aliphatic carbocycles. The van der Waals surface area contributed by atoms with E-state index in [1.165, 1.54) is 22.9 Å². The van der Waals surface area contributed by atoms with Crippen molar-refractivity contribution in [3.63, 3.8) is 0 Å². The molecule has 0 aliphatic heterocycles. The first-order valence-corrected chi connectivity index (χ1v) is 11.2. The smallest absolute Gasteiger partial charge is 0.175 e. The largest absolute Gasteiger partial charge is 0.484 e. The summed E-state index contributed by atoms with van der Waals surface area (Å²) in [7, 11) is -3.21. The molecule has 0 fully saturated rings. The Balaban J connectivity index is 1.54. The molecule has 1 aliphatic rings. The van der Waals surface area contributed by atoms with Gasteiger partial charge in [0.1, 0.15) is 11.9 Å². The zero-order valence-corrected chi connectivity index (χ0v) is 16.5. The molecule has 0 aromatic heterocycles. The van der Waals surface area contributed by atoms with Crippen molar-refractivity contribution in [3.05, 3.63) is 95.6 Å². The summed E-state index contributed by atoms with van der Waals surface area (Å²) in [4.78, 5) is 0.297. The van der Waals surface area contributed by atoms with Gasteiger partial charge >= 0.3 is 0 Å². The predicted octanol–water partition coefficient (Wildman–Crippen LogP) is 3.92. The molecule has 0 saturated heterocycles. The van der Waals surface area contributed by atoms with Gasteiger partial charge in [0.05, 0.1) is 10.9 Å². The maximum atomic E-state index is 11.7. The van der Waals surface area contributed by atoms with Crippen LogP contribution in [0.2, 0.25) is 0 Å². The maximum absolute atomic E-state index is 11.7. The zero-order valence-electron chi connectivity index (χ0n) is 15.7. The van der Waals surface area contributed by atoms with Crippen LogP contribution in [0.1, 0.15) is 22.8 Å². The Morgan fingerprint density at radius 2 is 1.61 bits per heavy atom. The number of hydrogen-bond acceptors (Lipinski definition) is 4. The van der Waals surface area contributed by atoms with Gasteiger partial charge in [-0.05, 0) is 47.4 Å². The van der Waals surface area contributed by atoms with Gasteiger partial charge in [-0.2, -0.15) is 0 Å². The quantitative estimate of drug-likeness (QED) is 0.690. The van der Waals surface area contributed by atoms with Gasteiger partial charge in [0.25, 0.3) is 0 Å². The highest BCUT2D eigenvalue weighted by Gasteiger charge is 2.33. The first-order valence-electron chi connectivity index (χ1n) is 9.32. The fourth-order valence-corrected chi connectivity index (χ4v) is 4.27. The Labute approximate surface area is 166 Å². The van der Waals surface area contributed by atoms with Crippen molar-refractivity contribution in [2.45, 2.75) is 30.0 Å². The van der Waals surface area contributed by atoms with Gasteiger partial charge in [0.15, 0.2) is 9.84 Å². The second-order valence-electron chi connectivity index (χ2n) is 7.16. The van der Waals surface area contributed by atoms with Crippen molar-refractivity contribution in [1.82, 2.24) is 5.32 Å². The number of rotatable bonds is 6. The van der Waals surface area contributed by atoms with Crippen LogP contribution in [0.15, 0.2) is 83.8 Å². The molecule has 0 heterocycles. The van der Waals surface area contributed by atoms with E-state index < -0.39 is 9.84 Å². The van der Waals surface area contributed by atoms with Gasteiger partial charge in [-0.3, -0.25) is 0 Å². The summed E-state index contributed by atoms with van der Waals surface area (Å²) >= 11 is 0. The second kappa shape index (κ2) is 7.78. The molecule has 0 unspecified atom stereocenters. The second-order valence-corrected chi connectivity index (χ2v) is 9.17. The van der Waals surface area contributed by atoms with Gasteiger partial charge in [0, 0.05) is 12.8 Å². The molecular weight excluding hydrogens is 370 g/mol. The Hall–Kier alpha value is -2.63. The molecule has 4 nitrogen and oxygen atoms in total. The Bertz CT molecular complexity index is 1050. The molecule has 0 spiro atoms. The van der Waals surface area contributed by atoms with Crippen LogP contribution in [-0.2, 0) is 22.8 Å². The Morgan fingerprint density at radius 3 is 2.32 bits per heavy atom. The van der Waals surface area contributed by atoms with Crippen molar-refractivity contribution in [2.75, 3.05) is 6.26 Å². The molecule has 0 radical (unpaired) electrons. The minimum atomic E-state index is -3.21. The molecule has 4 rings (SSSR count). The van der Waals surface area contributed by atoms with Crippen LogP contribution in [0.25, 0.3) is 0 Å². The van der Waals surface area contributed by atoms with Crippen molar-refractivity contribution in [3.8, 4) is 5.75 Å². The van der Waals surface area contributed by atoms with Gasteiger partial charge in [-0.15, -0.1) is 0 Å². The summed E-state index contributed by atoms with van der Waals surface area (Å²) in [6.45, 7) is 0.770. The van der Waals surface area contributed by atoms with Crippen LogP contribution in [0.3, 0.4) is 0 Å². The summed E-state index contributed by atoms with van der Waals surface area (Å²) in [5.74, 6) is 0.667. The van der Waals surface area contributed by atoms with Crippen molar-refractivity contribution in [2.24, 2.45) is 0 Å². The first kappa shape index (κ1) is 18.7. The lowest BCUT2D eigenvalue weighted by Crippen LogP contribution is -2.34. The summed E-state index contributed by atoms with van der Waals surface area (Å²) in [5, 5.41) is 3.63. The first-order chi connectivity index (χ1) is 13.5. The fourth-order valence-electron chi connectivity index (χ4n) is 3.64. The predicted molar refractivity (Wildman–Crippen MR) is 110 cm³/mol.